The molecule has 2 aliphatic rings. The van der Waals surface area contributed by atoms with E-state index in [9.17, 15) is 4.79 Å². The van der Waals surface area contributed by atoms with Crippen LogP contribution < -0.4 is 9.47 Å². The van der Waals surface area contributed by atoms with Gasteiger partial charge in [-0.3, -0.25) is 4.79 Å². The van der Waals surface area contributed by atoms with Gasteiger partial charge in [0, 0.05) is 19.2 Å². The summed E-state index contributed by atoms with van der Waals surface area (Å²) in [6.45, 7) is 0.270. The monoisotopic (exact) mass is 287 g/mol. The van der Waals surface area contributed by atoms with Crippen molar-refractivity contribution in [3.63, 3.8) is 0 Å². The highest BCUT2D eigenvalue weighted by Crippen LogP contribution is 2.32. The third-order valence-corrected chi connectivity index (χ3v) is 4.29. The van der Waals surface area contributed by atoms with Crippen LogP contribution in [0.15, 0.2) is 24.3 Å². The smallest absolute Gasteiger partial charge is 0.246 e. The fourth-order valence-electron chi connectivity index (χ4n) is 2.95. The van der Waals surface area contributed by atoms with Crippen LogP contribution in [0.3, 0.4) is 0 Å². The fraction of sp³-hybridized carbons (Fsp3) is 0.471. The summed E-state index contributed by atoms with van der Waals surface area (Å²) in [6.07, 6.45) is 9.49. The summed E-state index contributed by atoms with van der Waals surface area (Å²) in [5.41, 5.74) is 0.949. The number of carbonyl (C=O) groups excluding carboxylic acids is 1. The molecule has 1 heterocycles. The maximum absolute atomic E-state index is 12.2. The van der Waals surface area contributed by atoms with Crippen LogP contribution in [0.1, 0.15) is 37.7 Å². The van der Waals surface area contributed by atoms with Crippen LogP contribution >= 0.6 is 0 Å². The Morgan fingerprint density at radius 3 is 2.76 bits per heavy atom. The van der Waals surface area contributed by atoms with Crippen molar-refractivity contribution in [1.29, 1.82) is 0 Å². The number of rotatable bonds is 3. The second-order valence-electron chi connectivity index (χ2n) is 5.69. The lowest BCUT2D eigenvalue weighted by Gasteiger charge is -2.30. The van der Waals surface area contributed by atoms with Gasteiger partial charge in [0.05, 0.1) is 0 Å². The van der Waals surface area contributed by atoms with Crippen molar-refractivity contribution in [2.45, 2.75) is 38.1 Å². The van der Waals surface area contributed by atoms with Gasteiger partial charge < -0.3 is 14.4 Å². The van der Waals surface area contributed by atoms with Crippen molar-refractivity contribution in [3.8, 4) is 11.5 Å². The summed E-state index contributed by atoms with van der Waals surface area (Å²) in [5.74, 6) is 1.57. The molecule has 1 aromatic rings. The molecule has 112 valence electrons. The Kier molecular flexibility index (Phi) is 4.13. The van der Waals surface area contributed by atoms with Crippen LogP contribution in [0, 0.1) is 0 Å². The Morgan fingerprint density at radius 1 is 1.19 bits per heavy atom. The molecule has 0 aromatic heterocycles. The molecule has 0 radical (unpaired) electrons. The van der Waals surface area contributed by atoms with Crippen molar-refractivity contribution in [3.05, 3.63) is 29.8 Å². The van der Waals surface area contributed by atoms with Gasteiger partial charge in [-0.15, -0.1) is 0 Å². The molecule has 21 heavy (non-hydrogen) atoms. The normalized spacial score (nSPS) is 18.1. The van der Waals surface area contributed by atoms with E-state index in [1.165, 1.54) is 19.3 Å². The molecule has 3 rings (SSSR count). The average molecular weight is 287 g/mol. The molecule has 1 fully saturated rings. The third-order valence-electron chi connectivity index (χ3n) is 4.29. The molecule has 1 amide bonds. The topological polar surface area (TPSA) is 38.8 Å². The Morgan fingerprint density at radius 2 is 1.95 bits per heavy atom. The summed E-state index contributed by atoms with van der Waals surface area (Å²) < 4.78 is 10.6. The van der Waals surface area contributed by atoms with Crippen molar-refractivity contribution in [2.24, 2.45) is 0 Å². The van der Waals surface area contributed by atoms with Crippen molar-refractivity contribution in [1.82, 2.24) is 4.90 Å². The second-order valence-corrected chi connectivity index (χ2v) is 5.69. The molecule has 1 aromatic carbocycles. The molecule has 4 nitrogen and oxygen atoms in total. The van der Waals surface area contributed by atoms with Crippen LogP contribution in [0.2, 0.25) is 0 Å². The molecule has 1 aliphatic carbocycles. The molecule has 0 unspecified atom stereocenters. The van der Waals surface area contributed by atoms with Crippen LogP contribution in [0.25, 0.3) is 6.08 Å². The Bertz CT molecular complexity index is 547. The number of likely N-dealkylation sites (N-methyl/N-ethyl adjacent to an activating group) is 1. The van der Waals surface area contributed by atoms with E-state index in [0.29, 0.717) is 6.04 Å². The first kappa shape index (κ1) is 14.0. The molecule has 0 N–H and O–H groups in total. The van der Waals surface area contributed by atoms with Crippen LogP contribution in [-0.2, 0) is 4.79 Å². The number of nitrogens with zero attached hydrogens (tertiary/aromatic N) is 1. The predicted molar refractivity (Wildman–Crippen MR) is 81.2 cm³/mol. The van der Waals surface area contributed by atoms with Crippen LogP contribution in [0.5, 0.6) is 11.5 Å². The zero-order valence-corrected chi connectivity index (χ0v) is 12.4. The zero-order chi connectivity index (χ0) is 14.7. The average Bonchev–Trinajstić information content (AvgIpc) is 3.00. The SMILES string of the molecule is CN(C(=O)/C=C/c1ccc2c(c1)OCO2)C1CCCCC1. The summed E-state index contributed by atoms with van der Waals surface area (Å²) in [6, 6.07) is 6.09. The van der Waals surface area contributed by atoms with Crippen molar-refractivity contribution >= 4 is 12.0 Å². The van der Waals surface area contributed by atoms with Crippen molar-refractivity contribution in [2.75, 3.05) is 13.8 Å². The van der Waals surface area contributed by atoms with Gasteiger partial charge in [0.1, 0.15) is 0 Å². The lowest BCUT2D eigenvalue weighted by atomic mass is 9.94. The van der Waals surface area contributed by atoms with Gasteiger partial charge in [-0.2, -0.15) is 0 Å². The highest BCUT2D eigenvalue weighted by atomic mass is 16.7. The van der Waals surface area contributed by atoms with E-state index in [-0.39, 0.29) is 12.7 Å². The minimum Gasteiger partial charge on any atom is -0.454 e. The molecule has 0 saturated heterocycles. The quantitative estimate of drug-likeness (QED) is 0.801. The van der Waals surface area contributed by atoms with E-state index >= 15 is 0 Å². The zero-order valence-electron chi connectivity index (χ0n) is 12.4. The molecule has 0 atom stereocenters. The molecular formula is C17H21NO3. The van der Waals surface area contributed by atoms with Gasteiger partial charge in [0.25, 0.3) is 0 Å². The minimum atomic E-state index is 0.0690. The minimum absolute atomic E-state index is 0.0690. The first-order chi connectivity index (χ1) is 10.2. The van der Waals surface area contributed by atoms with E-state index < -0.39 is 0 Å². The summed E-state index contributed by atoms with van der Waals surface area (Å²) in [5, 5.41) is 0. The number of carbonyl (C=O) groups is 1. The predicted octanol–water partition coefficient (Wildman–Crippen LogP) is 3.22. The summed E-state index contributed by atoms with van der Waals surface area (Å²) in [7, 11) is 1.91. The van der Waals surface area contributed by atoms with E-state index in [2.05, 4.69) is 0 Å². The number of benzene rings is 1. The second kappa shape index (κ2) is 6.20. The lowest BCUT2D eigenvalue weighted by Crippen LogP contribution is -2.37. The highest BCUT2D eigenvalue weighted by Gasteiger charge is 2.20. The maximum Gasteiger partial charge on any atom is 0.246 e. The van der Waals surface area contributed by atoms with Crippen LogP contribution in [-0.4, -0.2) is 30.7 Å². The first-order valence-electron chi connectivity index (χ1n) is 7.58. The van der Waals surface area contributed by atoms with Crippen molar-refractivity contribution < 1.29 is 14.3 Å². The van der Waals surface area contributed by atoms with E-state index in [4.69, 9.17) is 9.47 Å². The number of hydrogen-bond acceptors (Lipinski definition) is 3. The van der Waals surface area contributed by atoms with E-state index in [1.807, 2.05) is 36.2 Å². The van der Waals surface area contributed by atoms with Gasteiger partial charge in [0.15, 0.2) is 11.5 Å². The van der Waals surface area contributed by atoms with Gasteiger partial charge in [0.2, 0.25) is 12.7 Å². The highest BCUT2D eigenvalue weighted by molar-refractivity contribution is 5.91. The Balaban J connectivity index is 1.63. The number of amides is 1. The van der Waals surface area contributed by atoms with Gasteiger partial charge in [-0.1, -0.05) is 25.3 Å². The van der Waals surface area contributed by atoms with E-state index in [1.54, 1.807) is 6.08 Å². The first-order valence-corrected chi connectivity index (χ1v) is 7.58. The summed E-state index contributed by atoms with van der Waals surface area (Å²) >= 11 is 0. The van der Waals surface area contributed by atoms with Crippen LogP contribution in [0.4, 0.5) is 0 Å². The number of ether oxygens (including phenoxy) is 2. The maximum atomic E-state index is 12.2. The van der Waals surface area contributed by atoms with Gasteiger partial charge in [-0.25, -0.2) is 0 Å². The molecule has 0 spiro atoms. The molecule has 4 heteroatoms. The standard InChI is InChI=1S/C17H21NO3/c1-18(14-5-3-2-4-6-14)17(19)10-8-13-7-9-15-16(11-13)21-12-20-15/h7-11,14H,2-6,12H2,1H3/b10-8+. The molecular weight excluding hydrogens is 266 g/mol. The lowest BCUT2D eigenvalue weighted by molar-refractivity contribution is -0.127. The van der Waals surface area contributed by atoms with Gasteiger partial charge in [-0.05, 0) is 36.6 Å². The number of fused-ring (bicyclic) bond motifs is 1. The fourth-order valence-corrected chi connectivity index (χ4v) is 2.95. The Hall–Kier alpha value is -1.97. The molecule has 1 aliphatic heterocycles. The molecule has 0 bridgehead atoms. The largest absolute Gasteiger partial charge is 0.454 e. The summed E-state index contributed by atoms with van der Waals surface area (Å²) in [4.78, 5) is 14.1. The third kappa shape index (κ3) is 3.20. The van der Waals surface area contributed by atoms with Gasteiger partial charge >= 0.3 is 0 Å². The van der Waals surface area contributed by atoms with E-state index in [0.717, 1.165) is 29.9 Å². The Labute approximate surface area is 125 Å². The molecule has 1 saturated carbocycles. The number of hydrogen-bond donors (Lipinski definition) is 0.